The molecule has 2 N–H and O–H groups in total. The summed E-state index contributed by atoms with van der Waals surface area (Å²) in [6.45, 7) is 3.50. The first-order valence-corrected chi connectivity index (χ1v) is 3.38. The van der Waals surface area contributed by atoms with Crippen LogP contribution in [0.5, 0.6) is 0 Å². The molecule has 0 spiro atoms. The van der Waals surface area contributed by atoms with Crippen LogP contribution in [0.1, 0.15) is 13.8 Å². The van der Waals surface area contributed by atoms with Crippen LogP contribution in [0.15, 0.2) is 0 Å². The largest absolute Gasteiger partial charge is 0.396 e. The van der Waals surface area contributed by atoms with Crippen LogP contribution in [-0.4, -0.2) is 22.9 Å². The zero-order valence-electron chi connectivity index (χ0n) is 6.41. The van der Waals surface area contributed by atoms with E-state index in [4.69, 9.17) is 11.5 Å². The molecule has 2 nitrogen and oxygen atoms in total. The summed E-state index contributed by atoms with van der Waals surface area (Å²) in [5.74, 6) is 2.11. The van der Waals surface area contributed by atoms with Crippen LogP contribution >= 0.6 is 0 Å². The zero-order chi connectivity index (χ0) is 8.15. The molecule has 0 rings (SSSR count). The molecule has 0 aliphatic heterocycles. The Bertz CT molecular complexity index is 126. The Kier molecular flexibility index (Phi) is 4.10. The van der Waals surface area contributed by atoms with E-state index in [1.165, 1.54) is 0 Å². The van der Waals surface area contributed by atoms with Gasteiger partial charge in [-0.25, -0.2) is 0 Å². The quantitative estimate of drug-likeness (QED) is 0.554. The van der Waals surface area contributed by atoms with Crippen molar-refractivity contribution in [3.63, 3.8) is 0 Å². The number of hydrogen-bond acceptors (Lipinski definition) is 2. The molecule has 58 valence electrons. The highest BCUT2D eigenvalue weighted by Gasteiger charge is 2.17. The van der Waals surface area contributed by atoms with Crippen LogP contribution in [0.3, 0.4) is 0 Å². The van der Waals surface area contributed by atoms with Gasteiger partial charge in [0.1, 0.15) is 0 Å². The maximum atomic E-state index is 9.28. The number of rotatable bonds is 3. The van der Waals surface area contributed by atoms with Crippen molar-refractivity contribution < 1.29 is 10.2 Å². The first-order valence-electron chi connectivity index (χ1n) is 3.38. The highest BCUT2D eigenvalue weighted by molar-refractivity contribution is 4.95. The molecule has 0 aliphatic carbocycles. The Hall–Kier alpha value is -0.520. The van der Waals surface area contributed by atoms with Crippen molar-refractivity contribution in [2.24, 2.45) is 11.8 Å². The third-order valence-corrected chi connectivity index (χ3v) is 1.65. The lowest BCUT2D eigenvalue weighted by Gasteiger charge is -2.18. The Morgan fingerprint density at radius 2 is 2.00 bits per heavy atom. The maximum absolute atomic E-state index is 9.28. The van der Waals surface area contributed by atoms with Crippen molar-refractivity contribution in [2.45, 2.75) is 20.0 Å². The second kappa shape index (κ2) is 4.32. The minimum absolute atomic E-state index is 0.0206. The van der Waals surface area contributed by atoms with Gasteiger partial charge in [-0.15, -0.1) is 12.3 Å². The molecule has 0 heterocycles. The summed E-state index contributed by atoms with van der Waals surface area (Å²) in [6.07, 6.45) is 4.49. The van der Waals surface area contributed by atoms with Crippen LogP contribution in [-0.2, 0) is 0 Å². The van der Waals surface area contributed by atoms with E-state index in [1.807, 2.05) is 0 Å². The fourth-order valence-electron chi connectivity index (χ4n) is 0.699. The van der Waals surface area contributed by atoms with Crippen LogP contribution < -0.4 is 0 Å². The normalized spacial score (nSPS) is 19.1. The van der Waals surface area contributed by atoms with Crippen molar-refractivity contribution in [3.8, 4) is 12.3 Å². The van der Waals surface area contributed by atoms with Gasteiger partial charge in [-0.3, -0.25) is 0 Å². The van der Waals surface area contributed by atoms with Crippen LogP contribution in [0.2, 0.25) is 0 Å². The summed E-state index contributed by atoms with van der Waals surface area (Å²) in [4.78, 5) is 0. The monoisotopic (exact) mass is 142 g/mol. The molecule has 0 saturated carbocycles. The molecular weight excluding hydrogens is 128 g/mol. The third-order valence-electron chi connectivity index (χ3n) is 1.65. The van der Waals surface area contributed by atoms with E-state index in [9.17, 15) is 5.11 Å². The van der Waals surface area contributed by atoms with E-state index in [2.05, 4.69) is 5.92 Å². The van der Waals surface area contributed by atoms with Gasteiger partial charge in [-0.05, 0) is 6.92 Å². The van der Waals surface area contributed by atoms with Crippen LogP contribution in [0, 0.1) is 24.2 Å². The summed E-state index contributed by atoms with van der Waals surface area (Å²) < 4.78 is 0. The van der Waals surface area contributed by atoms with Crippen LogP contribution in [0.25, 0.3) is 0 Å². The van der Waals surface area contributed by atoms with Crippen molar-refractivity contribution in [1.82, 2.24) is 0 Å². The van der Waals surface area contributed by atoms with E-state index >= 15 is 0 Å². The number of terminal acetylenes is 1. The molecular formula is C8H14O2. The molecule has 0 aromatic rings. The lowest BCUT2D eigenvalue weighted by atomic mass is 9.95. The highest BCUT2D eigenvalue weighted by atomic mass is 16.3. The predicted molar refractivity (Wildman–Crippen MR) is 40.3 cm³/mol. The minimum Gasteiger partial charge on any atom is -0.396 e. The van der Waals surface area contributed by atoms with Gasteiger partial charge in [0.2, 0.25) is 0 Å². The molecule has 0 aromatic carbocycles. The number of aliphatic hydroxyl groups excluding tert-OH is 2. The van der Waals surface area contributed by atoms with Crippen molar-refractivity contribution in [2.75, 3.05) is 6.61 Å². The first-order chi connectivity index (χ1) is 4.63. The maximum Gasteiger partial charge on any atom is 0.0722 e. The van der Waals surface area contributed by atoms with Crippen molar-refractivity contribution >= 4 is 0 Å². The molecule has 0 unspecified atom stereocenters. The molecule has 0 saturated heterocycles. The fourth-order valence-corrected chi connectivity index (χ4v) is 0.699. The lowest BCUT2D eigenvalue weighted by Crippen LogP contribution is -2.26. The summed E-state index contributed by atoms with van der Waals surface area (Å²) >= 11 is 0. The second-order valence-corrected chi connectivity index (χ2v) is 2.61. The van der Waals surface area contributed by atoms with Gasteiger partial charge in [-0.1, -0.05) is 6.92 Å². The van der Waals surface area contributed by atoms with E-state index in [0.717, 1.165) is 0 Å². The van der Waals surface area contributed by atoms with Gasteiger partial charge < -0.3 is 10.2 Å². The standard InChI is InChI=1S/C8H14O2/c1-4-6(2)8(10)7(3)5-9/h1,6-10H,5H2,2-3H3/t6-,7-,8-/m1/s1. The Balaban J connectivity index is 3.84. The summed E-state index contributed by atoms with van der Waals surface area (Å²) in [5.41, 5.74) is 0. The summed E-state index contributed by atoms with van der Waals surface area (Å²) in [7, 11) is 0. The van der Waals surface area contributed by atoms with E-state index in [-0.39, 0.29) is 18.4 Å². The molecule has 10 heavy (non-hydrogen) atoms. The molecule has 3 atom stereocenters. The first kappa shape index (κ1) is 9.48. The van der Waals surface area contributed by atoms with E-state index in [1.54, 1.807) is 13.8 Å². The topological polar surface area (TPSA) is 40.5 Å². The van der Waals surface area contributed by atoms with Gasteiger partial charge in [-0.2, -0.15) is 0 Å². The fraction of sp³-hybridized carbons (Fsp3) is 0.750. The molecule has 0 amide bonds. The lowest BCUT2D eigenvalue weighted by molar-refractivity contribution is 0.0540. The Morgan fingerprint density at radius 3 is 2.30 bits per heavy atom. The van der Waals surface area contributed by atoms with Crippen LogP contribution in [0.4, 0.5) is 0 Å². The van der Waals surface area contributed by atoms with E-state index < -0.39 is 6.10 Å². The van der Waals surface area contributed by atoms with Crippen molar-refractivity contribution in [3.05, 3.63) is 0 Å². The third kappa shape index (κ3) is 2.38. The molecule has 0 fully saturated rings. The Morgan fingerprint density at radius 1 is 1.50 bits per heavy atom. The number of aliphatic hydroxyl groups is 2. The summed E-state index contributed by atoms with van der Waals surface area (Å²) in [6, 6.07) is 0. The Labute approximate surface area is 61.9 Å². The van der Waals surface area contributed by atoms with Gasteiger partial charge in [0.05, 0.1) is 6.10 Å². The van der Waals surface area contributed by atoms with E-state index in [0.29, 0.717) is 0 Å². The SMILES string of the molecule is C#C[C@@H](C)[C@@H](O)[C@H](C)CO. The average molecular weight is 142 g/mol. The minimum atomic E-state index is -0.588. The highest BCUT2D eigenvalue weighted by Crippen LogP contribution is 2.10. The number of hydrogen-bond donors (Lipinski definition) is 2. The molecule has 0 radical (unpaired) electrons. The van der Waals surface area contributed by atoms with Gasteiger partial charge in [0.15, 0.2) is 0 Å². The molecule has 2 heteroatoms. The predicted octanol–water partition coefficient (Wildman–Crippen LogP) is 0.245. The smallest absolute Gasteiger partial charge is 0.0722 e. The molecule has 0 bridgehead atoms. The van der Waals surface area contributed by atoms with Crippen molar-refractivity contribution in [1.29, 1.82) is 0 Å². The summed E-state index contributed by atoms with van der Waals surface area (Å²) in [5, 5.41) is 17.9. The molecule has 0 aliphatic rings. The zero-order valence-corrected chi connectivity index (χ0v) is 6.41. The average Bonchev–Trinajstić information content (AvgIpc) is 2.00. The second-order valence-electron chi connectivity index (χ2n) is 2.61. The van der Waals surface area contributed by atoms with Gasteiger partial charge >= 0.3 is 0 Å². The molecule has 0 aromatic heterocycles. The van der Waals surface area contributed by atoms with Gasteiger partial charge in [0, 0.05) is 18.4 Å². The van der Waals surface area contributed by atoms with Gasteiger partial charge in [0.25, 0.3) is 0 Å².